The maximum Gasteiger partial charge on any atom is 0.228 e. The van der Waals surface area contributed by atoms with Gasteiger partial charge in [-0.2, -0.15) is 0 Å². The highest BCUT2D eigenvalue weighted by Crippen LogP contribution is 2.24. The molecule has 0 atom stereocenters. The molecule has 1 aliphatic carbocycles. The van der Waals surface area contributed by atoms with E-state index in [0.29, 0.717) is 12.2 Å². The van der Waals surface area contributed by atoms with Crippen molar-refractivity contribution < 1.29 is 14.4 Å². The Bertz CT molecular complexity index is 663. The number of nitrogens with zero attached hydrogens (tertiary/aromatic N) is 1. The third-order valence-electron chi connectivity index (χ3n) is 3.90. The zero-order valence-corrected chi connectivity index (χ0v) is 15.9. The van der Waals surface area contributed by atoms with E-state index in [1.807, 2.05) is 31.1 Å². The average molecular weight is 408 g/mol. The predicted molar refractivity (Wildman–Crippen MR) is 100 cm³/mol. The van der Waals surface area contributed by atoms with Crippen LogP contribution in [0.3, 0.4) is 0 Å². The molecule has 0 aromatic heterocycles. The molecule has 1 fully saturated rings. The summed E-state index contributed by atoms with van der Waals surface area (Å²) in [6.07, 6.45) is 1.58. The number of likely N-dealkylation sites (N-methyl/N-ethyl adjacent to an activating group) is 1. The fraction of sp³-hybridized carbons (Fsp3) is 0.389. The zero-order valence-electron chi connectivity index (χ0n) is 14.3. The van der Waals surface area contributed by atoms with E-state index in [9.17, 15) is 14.4 Å². The number of hydrogen-bond acceptors (Lipinski definition) is 5. The van der Waals surface area contributed by atoms with Crippen molar-refractivity contribution in [2.75, 3.05) is 32.5 Å². The van der Waals surface area contributed by atoms with E-state index in [1.165, 1.54) is 6.20 Å². The smallest absolute Gasteiger partial charge is 0.228 e. The Hall–Kier alpha value is -1.99. The van der Waals surface area contributed by atoms with Crippen molar-refractivity contribution in [2.24, 2.45) is 5.92 Å². The molecule has 0 radical (unpaired) electrons. The van der Waals surface area contributed by atoms with Crippen molar-refractivity contribution >= 4 is 39.1 Å². The van der Waals surface area contributed by atoms with Gasteiger partial charge in [0.2, 0.25) is 5.91 Å². The van der Waals surface area contributed by atoms with Crippen LogP contribution in [0, 0.1) is 5.92 Å². The molecule has 1 aromatic carbocycles. The largest absolute Gasteiger partial charge is 0.389 e. The summed E-state index contributed by atoms with van der Waals surface area (Å²) in [5, 5.41) is 5.74. The molecule has 1 saturated carbocycles. The molecule has 1 aromatic rings. The van der Waals surface area contributed by atoms with Crippen molar-refractivity contribution in [3.05, 3.63) is 40.5 Å². The molecular formula is C18H22BrN3O3. The molecule has 0 saturated heterocycles. The number of carbonyl (C=O) groups excluding carboxylic acids is 3. The number of allylic oxidation sites excluding steroid dienone is 1. The van der Waals surface area contributed by atoms with Gasteiger partial charge in [0.05, 0.1) is 11.5 Å². The molecule has 2 rings (SSSR count). The van der Waals surface area contributed by atoms with Crippen LogP contribution in [0.4, 0.5) is 5.69 Å². The first kappa shape index (κ1) is 19.3. The Morgan fingerprint density at radius 3 is 2.36 bits per heavy atom. The van der Waals surface area contributed by atoms with Gasteiger partial charge in [0.15, 0.2) is 11.6 Å². The number of amides is 1. The lowest BCUT2D eigenvalue weighted by Gasteiger charge is -2.21. The maximum absolute atomic E-state index is 12.3. The quantitative estimate of drug-likeness (QED) is 0.428. The summed E-state index contributed by atoms with van der Waals surface area (Å²) in [5.41, 5.74) is 0.797. The molecule has 0 spiro atoms. The van der Waals surface area contributed by atoms with Crippen LogP contribution in [0.2, 0.25) is 0 Å². The van der Waals surface area contributed by atoms with Crippen LogP contribution in [0.5, 0.6) is 0 Å². The Morgan fingerprint density at radius 1 is 1.20 bits per heavy atom. The van der Waals surface area contributed by atoms with E-state index in [0.717, 1.165) is 11.0 Å². The minimum Gasteiger partial charge on any atom is -0.389 e. The summed E-state index contributed by atoms with van der Waals surface area (Å²) >= 11 is 3.33. The highest BCUT2D eigenvalue weighted by molar-refractivity contribution is 9.10. The van der Waals surface area contributed by atoms with Gasteiger partial charge in [-0.05, 0) is 38.4 Å². The number of carbonyl (C=O) groups is 3. The van der Waals surface area contributed by atoms with Crippen LogP contribution in [0.1, 0.15) is 12.8 Å². The average Bonchev–Trinajstić information content (AvgIpc) is 2.55. The van der Waals surface area contributed by atoms with Gasteiger partial charge in [-0.1, -0.05) is 15.9 Å². The summed E-state index contributed by atoms with van der Waals surface area (Å²) in [7, 11) is 3.89. The minimum atomic E-state index is -0.623. The predicted octanol–water partition coefficient (Wildman–Crippen LogP) is 1.97. The van der Waals surface area contributed by atoms with Crippen LogP contribution in [0.15, 0.2) is 40.5 Å². The zero-order chi connectivity index (χ0) is 18.4. The molecule has 6 nitrogen and oxygen atoms in total. The normalized spacial score (nSPS) is 17.6. The third-order valence-corrected chi connectivity index (χ3v) is 4.43. The van der Waals surface area contributed by atoms with Gasteiger partial charge in [0, 0.05) is 42.3 Å². The van der Waals surface area contributed by atoms with E-state index >= 15 is 0 Å². The second kappa shape index (κ2) is 8.92. The van der Waals surface area contributed by atoms with Gasteiger partial charge >= 0.3 is 0 Å². The van der Waals surface area contributed by atoms with Gasteiger partial charge in [0.25, 0.3) is 0 Å². The summed E-state index contributed by atoms with van der Waals surface area (Å²) in [6.45, 7) is 1.44. The highest BCUT2D eigenvalue weighted by Gasteiger charge is 2.34. The van der Waals surface area contributed by atoms with Crippen molar-refractivity contribution in [2.45, 2.75) is 12.8 Å². The molecule has 2 N–H and O–H groups in total. The van der Waals surface area contributed by atoms with Crippen LogP contribution in [0.25, 0.3) is 0 Å². The Kier molecular flexibility index (Phi) is 6.90. The number of ketones is 2. The SMILES string of the molecule is CN(C)CCNC=C1C(=O)CC(C(=O)Nc2ccc(Br)cc2)CC1=O. The Morgan fingerprint density at radius 2 is 1.80 bits per heavy atom. The molecular weight excluding hydrogens is 386 g/mol. The molecule has 7 heteroatoms. The minimum absolute atomic E-state index is 0.0509. The standard InChI is InChI=1S/C18H22BrN3O3/c1-22(2)8-7-20-11-15-16(23)9-12(10-17(15)24)18(25)21-14-5-3-13(19)4-6-14/h3-6,11-12,20H,7-10H2,1-2H3,(H,21,25). The van der Waals surface area contributed by atoms with Crippen molar-refractivity contribution in [1.29, 1.82) is 0 Å². The first-order valence-corrected chi connectivity index (χ1v) is 8.87. The lowest BCUT2D eigenvalue weighted by Crippen LogP contribution is -2.34. The fourth-order valence-corrected chi connectivity index (χ4v) is 2.75. The summed E-state index contributed by atoms with van der Waals surface area (Å²) < 4.78 is 0.907. The third kappa shape index (κ3) is 5.79. The molecule has 0 heterocycles. The maximum atomic E-state index is 12.3. The van der Waals surface area contributed by atoms with E-state index in [2.05, 4.69) is 26.6 Å². The molecule has 0 bridgehead atoms. The Balaban J connectivity index is 1.93. The lowest BCUT2D eigenvalue weighted by atomic mass is 9.83. The molecule has 134 valence electrons. The number of Topliss-reactive ketones (excluding diaryl/α,β-unsaturated/α-hetero) is 2. The number of nitrogens with one attached hydrogen (secondary N) is 2. The molecule has 1 amide bonds. The molecule has 0 unspecified atom stereocenters. The number of rotatable bonds is 6. The fourth-order valence-electron chi connectivity index (χ4n) is 2.48. The summed E-state index contributed by atoms with van der Waals surface area (Å²) in [5.74, 6) is -1.50. The lowest BCUT2D eigenvalue weighted by molar-refractivity contribution is -0.131. The van der Waals surface area contributed by atoms with E-state index < -0.39 is 5.92 Å². The monoisotopic (exact) mass is 407 g/mol. The van der Waals surface area contributed by atoms with E-state index in [4.69, 9.17) is 0 Å². The first-order valence-electron chi connectivity index (χ1n) is 8.08. The first-order chi connectivity index (χ1) is 11.9. The van der Waals surface area contributed by atoms with Crippen LogP contribution in [-0.4, -0.2) is 49.6 Å². The molecule has 25 heavy (non-hydrogen) atoms. The van der Waals surface area contributed by atoms with Crippen molar-refractivity contribution in [3.8, 4) is 0 Å². The topological polar surface area (TPSA) is 78.5 Å². The van der Waals surface area contributed by atoms with Crippen molar-refractivity contribution in [3.63, 3.8) is 0 Å². The molecule has 1 aliphatic rings. The number of benzene rings is 1. The van der Waals surface area contributed by atoms with Gasteiger partial charge in [-0.15, -0.1) is 0 Å². The van der Waals surface area contributed by atoms with Crippen molar-refractivity contribution in [1.82, 2.24) is 10.2 Å². The second-order valence-corrected chi connectivity index (χ2v) is 7.18. The van der Waals surface area contributed by atoms with Gasteiger partial charge in [-0.3, -0.25) is 14.4 Å². The molecule has 0 aliphatic heterocycles. The van der Waals surface area contributed by atoms with E-state index in [1.54, 1.807) is 12.1 Å². The van der Waals surface area contributed by atoms with Crippen LogP contribution < -0.4 is 10.6 Å². The van der Waals surface area contributed by atoms with Crippen LogP contribution >= 0.6 is 15.9 Å². The van der Waals surface area contributed by atoms with Crippen LogP contribution in [-0.2, 0) is 14.4 Å². The Labute approximate surface area is 155 Å². The number of hydrogen-bond donors (Lipinski definition) is 2. The number of halogens is 1. The second-order valence-electron chi connectivity index (χ2n) is 6.26. The number of anilines is 1. The summed E-state index contributed by atoms with van der Waals surface area (Å²) in [6, 6.07) is 7.14. The van der Waals surface area contributed by atoms with Gasteiger partial charge < -0.3 is 15.5 Å². The van der Waals surface area contributed by atoms with Gasteiger partial charge in [-0.25, -0.2) is 0 Å². The van der Waals surface area contributed by atoms with Gasteiger partial charge in [0.1, 0.15) is 0 Å². The highest BCUT2D eigenvalue weighted by atomic mass is 79.9. The summed E-state index contributed by atoms with van der Waals surface area (Å²) in [4.78, 5) is 38.8. The van der Waals surface area contributed by atoms with E-state index in [-0.39, 0.29) is 35.9 Å².